The summed E-state index contributed by atoms with van der Waals surface area (Å²) in [7, 11) is 0. The molecule has 3 fully saturated rings. The van der Waals surface area contributed by atoms with Gasteiger partial charge in [0.25, 0.3) is 0 Å². The highest BCUT2D eigenvalue weighted by atomic mass is 14.6. The van der Waals surface area contributed by atoms with Gasteiger partial charge >= 0.3 is 0 Å². The molecule has 0 aromatic rings. The molecule has 3 saturated carbocycles. The van der Waals surface area contributed by atoms with Gasteiger partial charge in [-0.3, -0.25) is 0 Å². The smallest absolute Gasteiger partial charge is 0.0196 e. The van der Waals surface area contributed by atoms with Gasteiger partial charge in [0.1, 0.15) is 0 Å². The van der Waals surface area contributed by atoms with Crippen molar-refractivity contribution in [1.82, 2.24) is 0 Å². The van der Waals surface area contributed by atoms with Crippen LogP contribution in [-0.4, -0.2) is 0 Å². The van der Waals surface area contributed by atoms with E-state index in [2.05, 4.69) is 25.7 Å². The van der Waals surface area contributed by atoms with Crippen LogP contribution in [0.25, 0.3) is 0 Å². The maximum Gasteiger partial charge on any atom is -0.0196 e. The second kappa shape index (κ2) is 3.50. The number of hydrogen-bond acceptors (Lipinski definition) is 0. The Morgan fingerprint density at radius 3 is 2.73 bits per heavy atom. The van der Waals surface area contributed by atoms with Gasteiger partial charge in [0.2, 0.25) is 0 Å². The third-order valence-electron chi connectivity index (χ3n) is 5.11. The first-order chi connectivity index (χ1) is 7.25. The average molecular weight is 202 g/mol. The molecule has 0 amide bonds. The Kier molecular flexibility index (Phi) is 2.26. The quantitative estimate of drug-likeness (QED) is 0.589. The minimum Gasteiger partial charge on any atom is -0.0961 e. The predicted molar refractivity (Wildman–Crippen MR) is 64.5 cm³/mol. The fourth-order valence-electron chi connectivity index (χ4n) is 4.63. The summed E-state index contributed by atoms with van der Waals surface area (Å²) in [6.45, 7) is 6.06. The summed E-state index contributed by atoms with van der Waals surface area (Å²) < 4.78 is 0. The van der Waals surface area contributed by atoms with Crippen molar-refractivity contribution >= 4 is 0 Å². The van der Waals surface area contributed by atoms with Crippen LogP contribution in [-0.2, 0) is 0 Å². The van der Waals surface area contributed by atoms with Crippen molar-refractivity contribution in [1.29, 1.82) is 0 Å². The van der Waals surface area contributed by atoms with Crippen LogP contribution in [0.4, 0.5) is 0 Å². The molecule has 0 aromatic heterocycles. The topological polar surface area (TPSA) is 0 Å². The average Bonchev–Trinajstić information content (AvgIpc) is 2.86. The largest absolute Gasteiger partial charge is 0.0961 e. The highest BCUT2D eigenvalue weighted by Crippen LogP contribution is 2.61. The van der Waals surface area contributed by atoms with E-state index in [1.54, 1.807) is 12.8 Å². The summed E-state index contributed by atoms with van der Waals surface area (Å²) in [4.78, 5) is 0. The van der Waals surface area contributed by atoms with Crippen LogP contribution in [0.3, 0.4) is 0 Å². The first-order valence-electron chi connectivity index (χ1n) is 6.59. The van der Waals surface area contributed by atoms with Gasteiger partial charge < -0.3 is 0 Å². The molecule has 0 N–H and O–H groups in total. The summed E-state index contributed by atoms with van der Waals surface area (Å²) >= 11 is 0. The van der Waals surface area contributed by atoms with E-state index in [9.17, 15) is 0 Å². The lowest BCUT2D eigenvalue weighted by Gasteiger charge is -2.29. The highest BCUT2D eigenvalue weighted by Gasteiger charge is 2.52. The van der Waals surface area contributed by atoms with Crippen LogP contribution >= 0.6 is 0 Å². The van der Waals surface area contributed by atoms with Crippen LogP contribution in [0.2, 0.25) is 0 Å². The summed E-state index contributed by atoms with van der Waals surface area (Å²) in [5, 5.41) is 0. The molecule has 2 bridgehead atoms. The highest BCUT2D eigenvalue weighted by molar-refractivity contribution is 5.16. The van der Waals surface area contributed by atoms with Crippen LogP contribution in [0.5, 0.6) is 0 Å². The molecule has 0 radical (unpaired) electrons. The Morgan fingerprint density at radius 1 is 1.13 bits per heavy atom. The van der Waals surface area contributed by atoms with Crippen molar-refractivity contribution in [2.75, 3.05) is 0 Å². The van der Waals surface area contributed by atoms with Crippen molar-refractivity contribution in [2.45, 2.75) is 39.0 Å². The maximum absolute atomic E-state index is 3.96. The normalized spacial score (nSPS) is 47.7. The lowest BCUT2D eigenvalue weighted by molar-refractivity contribution is 0.218. The van der Waals surface area contributed by atoms with Gasteiger partial charge in [-0.25, -0.2) is 0 Å². The lowest BCUT2D eigenvalue weighted by atomic mass is 9.75. The molecule has 5 atom stereocenters. The van der Waals surface area contributed by atoms with Gasteiger partial charge in [0.05, 0.1) is 0 Å². The van der Waals surface area contributed by atoms with Crippen molar-refractivity contribution < 1.29 is 0 Å². The minimum absolute atomic E-state index is 0.894. The Labute approximate surface area is 93.5 Å². The molecule has 0 aliphatic heterocycles. The molecular weight excluding hydrogens is 180 g/mol. The van der Waals surface area contributed by atoms with Crippen LogP contribution in [0.15, 0.2) is 24.3 Å². The zero-order chi connectivity index (χ0) is 10.4. The third-order valence-corrected chi connectivity index (χ3v) is 5.11. The van der Waals surface area contributed by atoms with Crippen molar-refractivity contribution in [3.8, 4) is 0 Å². The Hall–Kier alpha value is -0.520. The summed E-state index contributed by atoms with van der Waals surface area (Å²) in [5.74, 6) is 5.25. The SMILES string of the molecule is C=C(C)/C=C/C1CC2CC1C1CCCC21. The molecule has 3 aliphatic rings. The molecule has 0 spiro atoms. The van der Waals surface area contributed by atoms with E-state index >= 15 is 0 Å². The van der Waals surface area contributed by atoms with E-state index in [0.29, 0.717) is 0 Å². The van der Waals surface area contributed by atoms with E-state index in [1.807, 2.05) is 0 Å². The van der Waals surface area contributed by atoms with E-state index in [0.717, 1.165) is 29.6 Å². The number of hydrogen-bond donors (Lipinski definition) is 0. The molecule has 0 heterocycles. The molecule has 0 aromatic carbocycles. The van der Waals surface area contributed by atoms with E-state index in [4.69, 9.17) is 0 Å². The molecule has 5 unspecified atom stereocenters. The van der Waals surface area contributed by atoms with Crippen molar-refractivity contribution in [3.05, 3.63) is 24.3 Å². The van der Waals surface area contributed by atoms with Gasteiger partial charge in [0, 0.05) is 0 Å². The molecular formula is C15H22. The van der Waals surface area contributed by atoms with Crippen LogP contribution in [0, 0.1) is 29.6 Å². The second-order valence-corrected chi connectivity index (χ2v) is 6.02. The molecule has 0 nitrogen and oxygen atoms in total. The summed E-state index contributed by atoms with van der Waals surface area (Å²) in [6.07, 6.45) is 12.3. The van der Waals surface area contributed by atoms with E-state index < -0.39 is 0 Å². The maximum atomic E-state index is 3.96. The van der Waals surface area contributed by atoms with Gasteiger partial charge in [0.15, 0.2) is 0 Å². The predicted octanol–water partition coefficient (Wildman–Crippen LogP) is 4.19. The number of rotatable bonds is 2. The van der Waals surface area contributed by atoms with Crippen molar-refractivity contribution in [2.24, 2.45) is 29.6 Å². The third kappa shape index (κ3) is 1.49. The Bertz CT molecular complexity index is 299. The van der Waals surface area contributed by atoms with Crippen LogP contribution < -0.4 is 0 Å². The second-order valence-electron chi connectivity index (χ2n) is 6.02. The van der Waals surface area contributed by atoms with Crippen LogP contribution in [0.1, 0.15) is 39.0 Å². The van der Waals surface area contributed by atoms with E-state index in [1.165, 1.54) is 24.8 Å². The molecule has 3 rings (SSSR count). The molecule has 0 saturated heterocycles. The fraction of sp³-hybridized carbons (Fsp3) is 0.733. The minimum atomic E-state index is 0.894. The number of allylic oxidation sites excluding steroid dienone is 3. The zero-order valence-corrected chi connectivity index (χ0v) is 9.78. The first kappa shape index (κ1) is 9.69. The zero-order valence-electron chi connectivity index (χ0n) is 9.78. The molecule has 82 valence electrons. The number of fused-ring (bicyclic) bond motifs is 5. The summed E-state index contributed by atoms with van der Waals surface area (Å²) in [6, 6.07) is 0. The standard InChI is InChI=1S/C15H22/c1-10(2)6-7-11-8-12-9-15(11)14-5-3-4-13(12)14/h6-7,11-15H,1,3-5,8-9H2,2H3/b7-6+. The fourth-order valence-corrected chi connectivity index (χ4v) is 4.63. The Morgan fingerprint density at radius 2 is 1.93 bits per heavy atom. The summed E-state index contributed by atoms with van der Waals surface area (Å²) in [5.41, 5.74) is 1.21. The molecule has 3 aliphatic carbocycles. The van der Waals surface area contributed by atoms with Gasteiger partial charge in [-0.05, 0) is 62.2 Å². The van der Waals surface area contributed by atoms with Crippen molar-refractivity contribution in [3.63, 3.8) is 0 Å². The Balaban J connectivity index is 1.73. The molecule has 15 heavy (non-hydrogen) atoms. The first-order valence-corrected chi connectivity index (χ1v) is 6.59. The molecule has 0 heteroatoms. The van der Waals surface area contributed by atoms with E-state index in [-0.39, 0.29) is 0 Å². The monoisotopic (exact) mass is 202 g/mol. The van der Waals surface area contributed by atoms with Gasteiger partial charge in [-0.2, -0.15) is 0 Å². The lowest BCUT2D eigenvalue weighted by Crippen LogP contribution is -2.23. The van der Waals surface area contributed by atoms with Gasteiger partial charge in [-0.1, -0.05) is 30.7 Å². The van der Waals surface area contributed by atoms with Gasteiger partial charge in [-0.15, -0.1) is 0 Å².